The monoisotopic (exact) mass is 373 g/mol. The van der Waals surface area contributed by atoms with E-state index in [0.717, 1.165) is 16.9 Å². The van der Waals surface area contributed by atoms with Gasteiger partial charge in [0.1, 0.15) is 10.7 Å². The van der Waals surface area contributed by atoms with Gasteiger partial charge in [0, 0.05) is 36.8 Å². The van der Waals surface area contributed by atoms with Crippen LogP contribution in [0.15, 0.2) is 18.5 Å². The molecule has 4 rings (SSSR count). The van der Waals surface area contributed by atoms with Gasteiger partial charge in [0.25, 0.3) is 5.91 Å². The quantitative estimate of drug-likeness (QED) is 0.868. The molecule has 2 aromatic rings. The molecule has 8 heteroatoms. The number of carboxylic acid groups (broad SMARTS) is 1. The second kappa shape index (κ2) is 6.44. The Labute approximate surface area is 154 Å². The fourth-order valence-corrected chi connectivity index (χ4v) is 4.76. The van der Waals surface area contributed by atoms with E-state index in [1.54, 1.807) is 30.3 Å². The third kappa shape index (κ3) is 2.89. The zero-order valence-electron chi connectivity index (χ0n) is 14.4. The van der Waals surface area contributed by atoms with Crippen molar-refractivity contribution in [2.45, 2.75) is 31.8 Å². The van der Waals surface area contributed by atoms with Crippen molar-refractivity contribution in [2.24, 2.45) is 0 Å². The van der Waals surface area contributed by atoms with Gasteiger partial charge in [0.15, 0.2) is 0 Å². The molecule has 1 saturated heterocycles. The topological polar surface area (TPSA) is 92.6 Å². The summed E-state index contributed by atoms with van der Waals surface area (Å²) in [5.41, 5.74) is 1.01. The number of ether oxygens (including phenoxy) is 1. The van der Waals surface area contributed by atoms with E-state index in [4.69, 9.17) is 4.74 Å². The first-order chi connectivity index (χ1) is 12.5. The number of rotatable bonds is 2. The number of fused-ring (bicyclic) bond motifs is 2. The summed E-state index contributed by atoms with van der Waals surface area (Å²) in [7, 11) is 0. The molecule has 1 amide bonds. The summed E-state index contributed by atoms with van der Waals surface area (Å²) in [5, 5.41) is 9.29. The Balaban J connectivity index is 1.53. The van der Waals surface area contributed by atoms with Crippen molar-refractivity contribution in [3.05, 3.63) is 45.2 Å². The first kappa shape index (κ1) is 17.1. The van der Waals surface area contributed by atoms with Crippen LogP contribution in [0.2, 0.25) is 0 Å². The third-order valence-electron chi connectivity index (χ3n) is 5.10. The van der Waals surface area contributed by atoms with Gasteiger partial charge in [-0.25, -0.2) is 14.8 Å². The Bertz CT molecular complexity index is 854. The lowest BCUT2D eigenvalue weighted by Gasteiger charge is -2.44. The fraction of sp³-hybridized carbons (Fsp3) is 0.444. The first-order valence-electron chi connectivity index (χ1n) is 8.57. The molecule has 136 valence electrons. The molecular formula is C18H19N3O4S. The zero-order valence-corrected chi connectivity index (χ0v) is 15.2. The van der Waals surface area contributed by atoms with Crippen LogP contribution in [0, 0.1) is 6.92 Å². The molecule has 0 radical (unpaired) electrons. The fourth-order valence-electron chi connectivity index (χ4n) is 3.69. The molecule has 1 fully saturated rings. The second-order valence-corrected chi connectivity index (χ2v) is 7.79. The van der Waals surface area contributed by atoms with E-state index in [0.29, 0.717) is 48.8 Å². The smallest absolute Gasteiger partial charge is 0.345 e. The summed E-state index contributed by atoms with van der Waals surface area (Å²) in [5.74, 6) is -0.340. The summed E-state index contributed by atoms with van der Waals surface area (Å²) in [4.78, 5) is 35.4. The SMILES string of the molecule is Cc1ncc(C(=O)N2CCC3(CC2)OCCc2sc(C(=O)O)cc23)cn1. The van der Waals surface area contributed by atoms with Gasteiger partial charge in [-0.3, -0.25) is 4.79 Å². The molecule has 0 bridgehead atoms. The molecule has 0 atom stereocenters. The minimum atomic E-state index is -0.897. The van der Waals surface area contributed by atoms with Crippen molar-refractivity contribution in [1.82, 2.24) is 14.9 Å². The molecule has 0 aromatic carbocycles. The highest BCUT2D eigenvalue weighted by molar-refractivity contribution is 7.14. The van der Waals surface area contributed by atoms with Crippen molar-refractivity contribution < 1.29 is 19.4 Å². The number of hydrogen-bond donors (Lipinski definition) is 1. The highest BCUT2D eigenvalue weighted by Crippen LogP contribution is 2.44. The Kier molecular flexibility index (Phi) is 4.24. The summed E-state index contributed by atoms with van der Waals surface area (Å²) < 4.78 is 6.13. The number of piperidine rings is 1. The molecule has 4 heterocycles. The van der Waals surface area contributed by atoms with Gasteiger partial charge in [-0.1, -0.05) is 0 Å². The van der Waals surface area contributed by atoms with Crippen LogP contribution >= 0.6 is 11.3 Å². The second-order valence-electron chi connectivity index (χ2n) is 6.66. The lowest BCUT2D eigenvalue weighted by atomic mass is 9.82. The van der Waals surface area contributed by atoms with E-state index in [1.807, 2.05) is 0 Å². The summed E-state index contributed by atoms with van der Waals surface area (Å²) in [6.07, 6.45) is 5.19. The maximum atomic E-state index is 12.7. The van der Waals surface area contributed by atoms with Crippen molar-refractivity contribution in [3.8, 4) is 0 Å². The molecule has 2 aliphatic heterocycles. The Morgan fingerprint density at radius 1 is 1.27 bits per heavy atom. The lowest BCUT2D eigenvalue weighted by Crippen LogP contribution is -2.48. The van der Waals surface area contributed by atoms with E-state index in [-0.39, 0.29) is 5.91 Å². The highest BCUT2D eigenvalue weighted by atomic mass is 32.1. The van der Waals surface area contributed by atoms with Crippen LogP contribution in [0.3, 0.4) is 0 Å². The normalized spacial score (nSPS) is 18.6. The number of aromatic carboxylic acids is 1. The molecule has 1 spiro atoms. The molecule has 0 unspecified atom stereocenters. The van der Waals surface area contributed by atoms with Crippen molar-refractivity contribution in [2.75, 3.05) is 19.7 Å². The molecule has 0 saturated carbocycles. The number of carbonyl (C=O) groups is 2. The van der Waals surface area contributed by atoms with Crippen LogP contribution in [0.5, 0.6) is 0 Å². The number of thiophene rings is 1. The number of hydrogen-bond acceptors (Lipinski definition) is 6. The standard InChI is InChI=1S/C18H19N3O4S/c1-11-19-9-12(10-20-11)16(22)21-5-3-18(4-6-21)13-8-15(17(23)24)26-14(13)2-7-25-18/h8-10H,2-7H2,1H3,(H,23,24). The average molecular weight is 373 g/mol. The van der Waals surface area contributed by atoms with Crippen molar-refractivity contribution >= 4 is 23.2 Å². The lowest BCUT2D eigenvalue weighted by molar-refractivity contribution is -0.0926. The minimum absolute atomic E-state index is 0.0765. The van der Waals surface area contributed by atoms with E-state index in [1.165, 1.54) is 11.3 Å². The average Bonchev–Trinajstić information content (AvgIpc) is 3.09. The number of nitrogens with zero attached hydrogens (tertiary/aromatic N) is 3. The molecule has 2 aliphatic rings. The Morgan fingerprint density at radius 3 is 2.62 bits per heavy atom. The summed E-state index contributed by atoms with van der Waals surface area (Å²) >= 11 is 1.34. The van der Waals surface area contributed by atoms with Crippen LogP contribution in [0.4, 0.5) is 0 Å². The van der Waals surface area contributed by atoms with Gasteiger partial charge in [-0.05, 0) is 31.4 Å². The molecule has 26 heavy (non-hydrogen) atoms. The molecule has 7 nitrogen and oxygen atoms in total. The van der Waals surface area contributed by atoms with Crippen LogP contribution in [0.1, 0.15) is 49.1 Å². The number of aryl methyl sites for hydroxylation is 1. The van der Waals surface area contributed by atoms with E-state index < -0.39 is 11.6 Å². The number of carbonyl (C=O) groups excluding carboxylic acids is 1. The third-order valence-corrected chi connectivity index (χ3v) is 6.29. The Morgan fingerprint density at radius 2 is 1.96 bits per heavy atom. The van der Waals surface area contributed by atoms with Crippen LogP contribution in [-0.2, 0) is 16.8 Å². The number of likely N-dealkylation sites (tertiary alicyclic amines) is 1. The van der Waals surface area contributed by atoms with E-state index >= 15 is 0 Å². The van der Waals surface area contributed by atoms with Crippen molar-refractivity contribution in [3.63, 3.8) is 0 Å². The summed E-state index contributed by atoms with van der Waals surface area (Å²) in [6, 6.07) is 1.76. The first-order valence-corrected chi connectivity index (χ1v) is 9.38. The number of carboxylic acids is 1. The van der Waals surface area contributed by atoms with E-state index in [9.17, 15) is 14.7 Å². The van der Waals surface area contributed by atoms with Crippen molar-refractivity contribution in [1.29, 1.82) is 0 Å². The molecule has 1 N–H and O–H groups in total. The Hall–Kier alpha value is -2.32. The number of aromatic nitrogens is 2. The minimum Gasteiger partial charge on any atom is -0.477 e. The molecular weight excluding hydrogens is 354 g/mol. The predicted octanol–water partition coefficient (Wildman–Crippen LogP) is 2.25. The molecule has 0 aliphatic carbocycles. The van der Waals surface area contributed by atoms with E-state index in [2.05, 4.69) is 9.97 Å². The van der Waals surface area contributed by atoms with Crippen LogP contribution in [0.25, 0.3) is 0 Å². The van der Waals surface area contributed by atoms with Gasteiger partial charge >= 0.3 is 5.97 Å². The highest BCUT2D eigenvalue weighted by Gasteiger charge is 2.43. The van der Waals surface area contributed by atoms with Gasteiger partial charge in [-0.2, -0.15) is 0 Å². The largest absolute Gasteiger partial charge is 0.477 e. The maximum Gasteiger partial charge on any atom is 0.345 e. The van der Waals surface area contributed by atoms with Gasteiger partial charge in [-0.15, -0.1) is 11.3 Å². The zero-order chi connectivity index (χ0) is 18.3. The van der Waals surface area contributed by atoms with Crippen LogP contribution < -0.4 is 0 Å². The number of amides is 1. The maximum absolute atomic E-state index is 12.7. The van der Waals surface area contributed by atoms with Gasteiger partial charge < -0.3 is 14.7 Å². The summed E-state index contributed by atoms with van der Waals surface area (Å²) in [6.45, 7) is 3.49. The van der Waals surface area contributed by atoms with Crippen LogP contribution in [-0.4, -0.2) is 51.5 Å². The molecule has 2 aromatic heterocycles. The van der Waals surface area contributed by atoms with Gasteiger partial charge in [0.05, 0.1) is 17.8 Å². The van der Waals surface area contributed by atoms with Gasteiger partial charge in [0.2, 0.25) is 0 Å². The predicted molar refractivity (Wildman–Crippen MR) is 94.5 cm³/mol.